The summed E-state index contributed by atoms with van der Waals surface area (Å²) in [6.07, 6.45) is 1.47. The second kappa shape index (κ2) is 12.2. The number of hydrazone groups is 1. The molecule has 0 aliphatic rings. The maximum Gasteiger partial charge on any atom is 0.332 e. The molecule has 0 fully saturated rings. The van der Waals surface area contributed by atoms with Gasteiger partial charge in [-0.25, -0.2) is 10.2 Å². The van der Waals surface area contributed by atoms with Crippen LogP contribution in [-0.2, 0) is 20.6 Å². The van der Waals surface area contributed by atoms with Crippen molar-refractivity contribution < 1.29 is 14.3 Å². The van der Waals surface area contributed by atoms with Crippen LogP contribution in [0.3, 0.4) is 0 Å². The molecule has 1 N–H and O–H groups in total. The van der Waals surface area contributed by atoms with E-state index in [-0.39, 0.29) is 35.4 Å². The molecule has 0 aliphatic heterocycles. The van der Waals surface area contributed by atoms with E-state index in [1.165, 1.54) is 32.0 Å². The monoisotopic (exact) mass is 620 g/mol. The van der Waals surface area contributed by atoms with E-state index >= 15 is 0 Å². The highest BCUT2D eigenvalue weighted by molar-refractivity contribution is 6.35. The minimum atomic E-state index is -0.545. The molecule has 2 heterocycles. The fourth-order valence-electron chi connectivity index (χ4n) is 4.43. The number of hydrogen-bond acceptors (Lipinski definition) is 7. The molecule has 220 valence electrons. The van der Waals surface area contributed by atoms with Crippen molar-refractivity contribution in [2.75, 3.05) is 7.11 Å². The number of nitrogens with one attached hydrogen (secondary N) is 1. The molecule has 0 radical (unpaired) electrons. The smallest absolute Gasteiger partial charge is 0.332 e. The summed E-state index contributed by atoms with van der Waals surface area (Å²) in [5.41, 5.74) is 4.44. The number of nitrogens with zero attached hydrogens (tertiary/aromatic N) is 5. The van der Waals surface area contributed by atoms with Gasteiger partial charge in [-0.2, -0.15) is 10.1 Å². The number of carbonyl (C=O) groups is 1. The Morgan fingerprint density at radius 2 is 1.81 bits per heavy atom. The summed E-state index contributed by atoms with van der Waals surface area (Å²) in [5.74, 6) is 0.273. The third kappa shape index (κ3) is 6.04. The Bertz CT molecular complexity index is 2030. The van der Waals surface area contributed by atoms with Crippen LogP contribution in [-0.4, -0.2) is 37.9 Å². The van der Waals surface area contributed by atoms with E-state index in [1.54, 1.807) is 59.2 Å². The van der Waals surface area contributed by atoms with Crippen molar-refractivity contribution in [1.29, 1.82) is 0 Å². The van der Waals surface area contributed by atoms with Crippen molar-refractivity contribution in [1.82, 2.24) is 24.1 Å². The summed E-state index contributed by atoms with van der Waals surface area (Å²) >= 11 is 12.5. The zero-order valence-corrected chi connectivity index (χ0v) is 25.1. The lowest BCUT2D eigenvalue weighted by atomic mass is 10.1. The number of carbonyl (C=O) groups excluding carboxylic acids is 1. The Balaban J connectivity index is 1.49. The van der Waals surface area contributed by atoms with Gasteiger partial charge in [0.25, 0.3) is 11.5 Å². The molecule has 13 heteroatoms. The number of imidazole rings is 1. The standard InChI is InChI=1S/C30H26Cl2N6O5/c1-17-6-5-7-19(12-17)27(39)35-33-15-18-8-11-23(24(13-18)42-4)43-29-34-26-25(28(40)37(3)30(41)36(26)2)38(29)16-20-9-10-21(31)14-22(20)32/h5-15H,16H2,1-4H3,(H,35,39)/b33-15-. The number of halogens is 2. The topological polar surface area (TPSA) is 122 Å². The zero-order chi connectivity index (χ0) is 30.8. The molecule has 2 aromatic heterocycles. The van der Waals surface area contributed by atoms with E-state index in [0.29, 0.717) is 32.5 Å². The van der Waals surface area contributed by atoms with Gasteiger partial charge in [-0.3, -0.25) is 23.3 Å². The van der Waals surface area contributed by atoms with Crippen LogP contribution >= 0.6 is 23.2 Å². The minimum absolute atomic E-state index is 0.0319. The molecular weight excluding hydrogens is 595 g/mol. The van der Waals surface area contributed by atoms with Crippen molar-refractivity contribution in [2.24, 2.45) is 19.2 Å². The molecule has 43 heavy (non-hydrogen) atoms. The van der Waals surface area contributed by atoms with Crippen LogP contribution < -0.4 is 26.1 Å². The number of aryl methyl sites for hydroxylation is 2. The van der Waals surface area contributed by atoms with Crippen LogP contribution in [0.2, 0.25) is 10.0 Å². The average Bonchev–Trinajstić information content (AvgIpc) is 3.34. The molecule has 1 amide bonds. The number of rotatable bonds is 8. The van der Waals surface area contributed by atoms with Crippen LogP contribution in [0.4, 0.5) is 0 Å². The van der Waals surface area contributed by atoms with Crippen LogP contribution in [0, 0.1) is 6.92 Å². The second-order valence-electron chi connectivity index (χ2n) is 9.68. The van der Waals surface area contributed by atoms with Crippen molar-refractivity contribution in [3.8, 4) is 17.5 Å². The Morgan fingerprint density at radius 3 is 2.53 bits per heavy atom. The number of amides is 1. The van der Waals surface area contributed by atoms with Gasteiger partial charge in [-0.1, -0.05) is 47.0 Å². The maximum atomic E-state index is 13.3. The zero-order valence-electron chi connectivity index (χ0n) is 23.6. The SMILES string of the molecule is COc1cc(/C=N\NC(=O)c2cccc(C)c2)ccc1Oc1nc2c(c(=O)n(C)c(=O)n2C)n1Cc1ccc(Cl)cc1Cl. The number of methoxy groups -OCH3 is 1. The van der Waals surface area contributed by atoms with Gasteiger partial charge in [0.15, 0.2) is 22.7 Å². The van der Waals surface area contributed by atoms with E-state index in [2.05, 4.69) is 15.5 Å². The van der Waals surface area contributed by atoms with Gasteiger partial charge < -0.3 is 9.47 Å². The van der Waals surface area contributed by atoms with Crippen LogP contribution in [0.5, 0.6) is 17.5 Å². The van der Waals surface area contributed by atoms with Gasteiger partial charge in [-0.05, 0) is 60.5 Å². The third-order valence-corrected chi connectivity index (χ3v) is 7.29. The average molecular weight is 621 g/mol. The predicted octanol–water partition coefficient (Wildman–Crippen LogP) is 4.66. The van der Waals surface area contributed by atoms with Gasteiger partial charge in [0.2, 0.25) is 0 Å². The first-order valence-electron chi connectivity index (χ1n) is 12.9. The lowest BCUT2D eigenvalue weighted by molar-refractivity contribution is 0.0955. The lowest BCUT2D eigenvalue weighted by Gasteiger charge is -2.13. The van der Waals surface area contributed by atoms with Gasteiger partial charge in [0, 0.05) is 29.7 Å². The van der Waals surface area contributed by atoms with Crippen molar-refractivity contribution >= 4 is 46.5 Å². The molecule has 3 aromatic carbocycles. The molecule has 0 spiro atoms. The van der Waals surface area contributed by atoms with Gasteiger partial charge in [0.1, 0.15) is 0 Å². The highest BCUT2D eigenvalue weighted by Gasteiger charge is 2.22. The van der Waals surface area contributed by atoms with E-state index < -0.39 is 11.2 Å². The lowest BCUT2D eigenvalue weighted by Crippen LogP contribution is -2.37. The molecule has 0 bridgehead atoms. The summed E-state index contributed by atoms with van der Waals surface area (Å²) in [4.78, 5) is 42.8. The summed E-state index contributed by atoms with van der Waals surface area (Å²) in [6.45, 7) is 2.00. The van der Waals surface area contributed by atoms with Crippen molar-refractivity contribution in [2.45, 2.75) is 13.5 Å². The van der Waals surface area contributed by atoms with Gasteiger partial charge in [0.05, 0.1) is 19.9 Å². The predicted molar refractivity (Wildman–Crippen MR) is 165 cm³/mol. The number of aromatic nitrogens is 4. The van der Waals surface area contributed by atoms with Gasteiger partial charge >= 0.3 is 11.7 Å². The molecular formula is C30H26Cl2N6O5. The molecule has 0 saturated carbocycles. The Hall–Kier alpha value is -4.87. The number of ether oxygens (including phenoxy) is 2. The van der Waals surface area contributed by atoms with Gasteiger partial charge in [-0.15, -0.1) is 0 Å². The van der Waals surface area contributed by atoms with Crippen molar-refractivity contribution in [3.63, 3.8) is 0 Å². The van der Waals surface area contributed by atoms with E-state index in [0.717, 1.165) is 10.1 Å². The quantitative estimate of drug-likeness (QED) is 0.199. The first-order chi connectivity index (χ1) is 20.6. The number of fused-ring (bicyclic) bond motifs is 1. The van der Waals surface area contributed by atoms with Crippen LogP contribution in [0.25, 0.3) is 11.2 Å². The van der Waals surface area contributed by atoms with Crippen molar-refractivity contribution in [3.05, 3.63) is 114 Å². The fourth-order valence-corrected chi connectivity index (χ4v) is 4.90. The van der Waals surface area contributed by atoms with E-state index in [4.69, 9.17) is 32.7 Å². The molecule has 0 aliphatic carbocycles. The molecule has 0 unspecified atom stereocenters. The molecule has 0 atom stereocenters. The Labute approximate surface area is 255 Å². The minimum Gasteiger partial charge on any atom is -0.493 e. The largest absolute Gasteiger partial charge is 0.493 e. The molecule has 11 nitrogen and oxygen atoms in total. The highest BCUT2D eigenvalue weighted by atomic mass is 35.5. The first kappa shape index (κ1) is 29.6. The first-order valence-corrected chi connectivity index (χ1v) is 13.7. The van der Waals surface area contributed by atoms with Crippen LogP contribution in [0.1, 0.15) is 27.0 Å². The van der Waals surface area contributed by atoms with E-state index in [1.807, 2.05) is 13.0 Å². The molecule has 5 rings (SSSR count). The molecule has 0 saturated heterocycles. The van der Waals surface area contributed by atoms with Crippen LogP contribution in [0.15, 0.2) is 75.4 Å². The Kier molecular flexibility index (Phi) is 8.38. The summed E-state index contributed by atoms with van der Waals surface area (Å²) < 4.78 is 15.6. The molecule has 5 aromatic rings. The highest BCUT2D eigenvalue weighted by Crippen LogP contribution is 2.34. The maximum absolute atomic E-state index is 13.3. The summed E-state index contributed by atoms with van der Waals surface area (Å²) in [5, 5.41) is 4.90. The Morgan fingerprint density at radius 1 is 1.02 bits per heavy atom. The third-order valence-electron chi connectivity index (χ3n) is 6.71. The number of benzene rings is 3. The summed E-state index contributed by atoms with van der Waals surface area (Å²) in [7, 11) is 4.38. The van der Waals surface area contributed by atoms with E-state index in [9.17, 15) is 14.4 Å². The second-order valence-corrected chi connectivity index (χ2v) is 10.5. The fraction of sp³-hybridized carbons (Fsp3) is 0.167. The number of hydrogen-bond donors (Lipinski definition) is 1. The summed E-state index contributed by atoms with van der Waals surface area (Å²) in [6, 6.07) is 17.2. The normalized spacial score (nSPS) is 11.3.